The van der Waals surface area contributed by atoms with Crippen LogP contribution in [0.3, 0.4) is 0 Å². The van der Waals surface area contributed by atoms with Crippen LogP contribution in [-0.4, -0.2) is 12.1 Å². The van der Waals surface area contributed by atoms with Gasteiger partial charge in [0, 0.05) is 13.7 Å². The predicted octanol–water partition coefficient (Wildman–Crippen LogP) is 3.61. The third-order valence-corrected chi connectivity index (χ3v) is 4.25. The van der Waals surface area contributed by atoms with E-state index < -0.39 is 0 Å². The molecule has 102 valence electrons. The van der Waals surface area contributed by atoms with Gasteiger partial charge in [0.25, 0.3) is 0 Å². The lowest BCUT2D eigenvalue weighted by atomic mass is 10.1. The third kappa shape index (κ3) is 3.03. The Hall–Kier alpha value is -1.23. The fourth-order valence-corrected chi connectivity index (χ4v) is 3.45. The van der Waals surface area contributed by atoms with Gasteiger partial charge in [-0.25, -0.2) is 4.98 Å². The Morgan fingerprint density at radius 2 is 1.95 bits per heavy atom. The normalized spacial score (nSPS) is 12.9. The lowest BCUT2D eigenvalue weighted by Crippen LogP contribution is -2.09. The summed E-state index contributed by atoms with van der Waals surface area (Å²) in [5, 5.41) is 1.01. The number of rotatable bonds is 5. The van der Waals surface area contributed by atoms with Crippen molar-refractivity contribution in [1.82, 2.24) is 4.98 Å². The second-order valence-corrected chi connectivity index (χ2v) is 5.83. The van der Waals surface area contributed by atoms with Gasteiger partial charge in [0.15, 0.2) is 0 Å². The van der Waals surface area contributed by atoms with E-state index >= 15 is 0 Å². The molecule has 1 aromatic carbocycles. The van der Waals surface area contributed by atoms with E-state index in [0.717, 1.165) is 15.6 Å². The summed E-state index contributed by atoms with van der Waals surface area (Å²) in [5.41, 5.74) is 7.95. The summed E-state index contributed by atoms with van der Waals surface area (Å²) in [6, 6.07) is 10.3. The Bertz CT molecular complexity index is 522. The number of hydrogen-bond donors (Lipinski definition) is 1. The van der Waals surface area contributed by atoms with E-state index in [1.807, 2.05) is 18.2 Å². The predicted molar refractivity (Wildman–Crippen MR) is 80.0 cm³/mol. The number of thiazole rings is 1. The Balaban J connectivity index is 2.43. The zero-order chi connectivity index (χ0) is 13.8. The molecule has 0 aliphatic carbocycles. The first-order valence-corrected chi connectivity index (χ1v) is 7.27. The number of ether oxygens (including phenoxy) is 1. The van der Waals surface area contributed by atoms with Crippen LogP contribution in [0.25, 0.3) is 10.4 Å². The first-order chi connectivity index (χ1) is 9.17. The average molecular weight is 276 g/mol. The summed E-state index contributed by atoms with van der Waals surface area (Å²) in [4.78, 5) is 5.82. The van der Waals surface area contributed by atoms with Crippen molar-refractivity contribution in [3.05, 3.63) is 41.0 Å². The van der Waals surface area contributed by atoms with Crippen molar-refractivity contribution in [2.45, 2.75) is 26.5 Å². The van der Waals surface area contributed by atoms with E-state index in [-0.39, 0.29) is 6.10 Å². The van der Waals surface area contributed by atoms with Crippen molar-refractivity contribution < 1.29 is 4.74 Å². The molecule has 0 fully saturated rings. The van der Waals surface area contributed by atoms with E-state index in [1.165, 1.54) is 5.56 Å². The van der Waals surface area contributed by atoms with Crippen LogP contribution in [0.5, 0.6) is 0 Å². The Kier molecular flexibility index (Phi) is 4.69. The van der Waals surface area contributed by atoms with Crippen molar-refractivity contribution in [2.75, 3.05) is 7.11 Å². The molecule has 0 radical (unpaired) electrons. The van der Waals surface area contributed by atoms with Crippen LogP contribution in [0, 0.1) is 5.92 Å². The smallest absolute Gasteiger partial charge is 0.123 e. The quantitative estimate of drug-likeness (QED) is 0.907. The molecule has 4 heteroatoms. The molecule has 0 aliphatic rings. The van der Waals surface area contributed by atoms with Gasteiger partial charge in [-0.05, 0) is 11.5 Å². The van der Waals surface area contributed by atoms with Gasteiger partial charge < -0.3 is 10.5 Å². The van der Waals surface area contributed by atoms with E-state index in [1.54, 1.807) is 18.4 Å². The number of hydrogen-bond acceptors (Lipinski definition) is 4. The van der Waals surface area contributed by atoms with Crippen molar-refractivity contribution in [2.24, 2.45) is 11.7 Å². The Morgan fingerprint density at radius 1 is 1.26 bits per heavy atom. The molecule has 3 nitrogen and oxygen atoms in total. The molecule has 1 unspecified atom stereocenters. The first kappa shape index (κ1) is 14.2. The summed E-state index contributed by atoms with van der Waals surface area (Å²) in [7, 11) is 1.73. The second-order valence-electron chi connectivity index (χ2n) is 4.80. The largest absolute Gasteiger partial charge is 0.374 e. The lowest BCUT2D eigenvalue weighted by Gasteiger charge is -2.15. The van der Waals surface area contributed by atoms with Gasteiger partial charge in [-0.2, -0.15) is 0 Å². The van der Waals surface area contributed by atoms with Gasteiger partial charge >= 0.3 is 0 Å². The SMILES string of the molecule is COC(c1nc(CN)c(-c2ccccc2)s1)C(C)C. The highest BCUT2D eigenvalue weighted by Crippen LogP contribution is 2.36. The molecular weight excluding hydrogens is 256 g/mol. The van der Waals surface area contributed by atoms with E-state index in [9.17, 15) is 0 Å². The highest BCUT2D eigenvalue weighted by molar-refractivity contribution is 7.15. The van der Waals surface area contributed by atoms with Crippen LogP contribution >= 0.6 is 11.3 Å². The zero-order valence-corrected chi connectivity index (χ0v) is 12.4. The molecule has 0 aliphatic heterocycles. The maximum absolute atomic E-state index is 5.82. The molecule has 1 heterocycles. The van der Waals surface area contributed by atoms with Gasteiger partial charge in [-0.3, -0.25) is 0 Å². The van der Waals surface area contributed by atoms with Crippen LogP contribution in [0.15, 0.2) is 30.3 Å². The molecule has 0 bridgehead atoms. The summed E-state index contributed by atoms with van der Waals surface area (Å²) in [5.74, 6) is 0.394. The highest BCUT2D eigenvalue weighted by atomic mass is 32.1. The second kappa shape index (κ2) is 6.28. The lowest BCUT2D eigenvalue weighted by molar-refractivity contribution is 0.0643. The van der Waals surface area contributed by atoms with Crippen LogP contribution in [-0.2, 0) is 11.3 Å². The van der Waals surface area contributed by atoms with Crippen LogP contribution in [0.4, 0.5) is 0 Å². The molecular formula is C15H20N2OS. The van der Waals surface area contributed by atoms with E-state index in [4.69, 9.17) is 10.5 Å². The topological polar surface area (TPSA) is 48.1 Å². The van der Waals surface area contributed by atoms with Crippen LogP contribution in [0.1, 0.15) is 30.7 Å². The zero-order valence-electron chi connectivity index (χ0n) is 11.6. The minimum atomic E-state index is 0.0350. The fourth-order valence-electron chi connectivity index (χ4n) is 2.10. The van der Waals surface area contributed by atoms with Gasteiger partial charge in [-0.15, -0.1) is 11.3 Å². The molecule has 0 saturated carbocycles. The number of methoxy groups -OCH3 is 1. The minimum absolute atomic E-state index is 0.0350. The molecule has 1 atom stereocenters. The summed E-state index contributed by atoms with van der Waals surface area (Å²) in [6.45, 7) is 4.73. The summed E-state index contributed by atoms with van der Waals surface area (Å²) < 4.78 is 5.55. The molecule has 2 aromatic rings. The van der Waals surface area contributed by atoms with Crippen LogP contribution < -0.4 is 5.73 Å². The first-order valence-electron chi connectivity index (χ1n) is 6.45. The number of benzene rings is 1. The van der Waals surface area contributed by atoms with Crippen molar-refractivity contribution in [3.63, 3.8) is 0 Å². The van der Waals surface area contributed by atoms with E-state index in [0.29, 0.717) is 12.5 Å². The average Bonchev–Trinajstić information content (AvgIpc) is 2.84. The third-order valence-electron chi connectivity index (χ3n) is 3.05. The molecule has 0 amide bonds. The summed E-state index contributed by atoms with van der Waals surface area (Å²) >= 11 is 1.68. The van der Waals surface area contributed by atoms with Gasteiger partial charge in [-0.1, -0.05) is 44.2 Å². The van der Waals surface area contributed by atoms with Gasteiger partial charge in [0.05, 0.1) is 10.6 Å². The minimum Gasteiger partial charge on any atom is -0.374 e. The maximum Gasteiger partial charge on any atom is 0.123 e. The van der Waals surface area contributed by atoms with Gasteiger partial charge in [0.1, 0.15) is 11.1 Å². The number of nitrogens with zero attached hydrogens (tertiary/aromatic N) is 1. The maximum atomic E-state index is 5.82. The molecule has 0 spiro atoms. The Morgan fingerprint density at radius 3 is 2.47 bits per heavy atom. The van der Waals surface area contributed by atoms with E-state index in [2.05, 4.69) is 31.0 Å². The van der Waals surface area contributed by atoms with Crippen LogP contribution in [0.2, 0.25) is 0 Å². The van der Waals surface area contributed by atoms with Gasteiger partial charge in [0.2, 0.25) is 0 Å². The fraction of sp³-hybridized carbons (Fsp3) is 0.400. The standard InChI is InChI=1S/C15H20N2OS/c1-10(2)13(18-3)15-17-12(9-16)14(19-15)11-7-5-4-6-8-11/h4-8,10,13H,9,16H2,1-3H3. The van der Waals surface area contributed by atoms with Crippen molar-refractivity contribution >= 4 is 11.3 Å². The molecule has 1 aromatic heterocycles. The summed E-state index contributed by atoms with van der Waals surface area (Å²) in [6.07, 6.45) is 0.0350. The number of aromatic nitrogens is 1. The molecule has 19 heavy (non-hydrogen) atoms. The Labute approximate surface area is 118 Å². The molecule has 0 saturated heterocycles. The molecule has 2 N–H and O–H groups in total. The highest BCUT2D eigenvalue weighted by Gasteiger charge is 2.21. The number of nitrogens with two attached hydrogens (primary N) is 1. The monoisotopic (exact) mass is 276 g/mol. The van der Waals surface area contributed by atoms with Crippen molar-refractivity contribution in [1.29, 1.82) is 0 Å². The van der Waals surface area contributed by atoms with Crippen molar-refractivity contribution in [3.8, 4) is 10.4 Å². The molecule has 2 rings (SSSR count).